The molecule has 0 aliphatic heterocycles. The third kappa shape index (κ3) is 1.89. The van der Waals surface area contributed by atoms with Crippen molar-refractivity contribution in [2.75, 3.05) is 0 Å². The zero-order valence-electron chi connectivity index (χ0n) is 8.53. The van der Waals surface area contributed by atoms with E-state index < -0.39 is 0 Å². The van der Waals surface area contributed by atoms with Crippen LogP contribution in [0.25, 0.3) is 11.4 Å². The zero-order chi connectivity index (χ0) is 10.8. The lowest BCUT2D eigenvalue weighted by molar-refractivity contribution is 1.06. The maximum atomic E-state index is 7.29. The molecule has 0 atom stereocenters. The Hall–Kier alpha value is -1.29. The summed E-state index contributed by atoms with van der Waals surface area (Å²) in [5, 5.41) is 0. The Kier molecular flexibility index (Phi) is 1.73. The first-order valence-corrected chi connectivity index (χ1v) is 4.39. The highest BCUT2D eigenvalue weighted by Gasteiger charge is 1.98. The lowest BCUT2D eigenvalue weighted by atomic mass is 10.2. The summed E-state index contributed by atoms with van der Waals surface area (Å²) in [4.78, 5) is 11.2. The van der Waals surface area contributed by atoms with Gasteiger partial charge in [-0.2, -0.15) is 0 Å². The van der Waals surface area contributed by atoms with Gasteiger partial charge in [0.25, 0.3) is 0 Å². The number of hydrogen-bond donors (Lipinski definition) is 0. The zero-order valence-corrected chi connectivity index (χ0v) is 8.12. The van der Waals surface area contributed by atoms with Crippen molar-refractivity contribution in [1.82, 2.24) is 15.0 Å². The van der Waals surface area contributed by atoms with Crippen molar-refractivity contribution >= 4 is 15.9 Å². The summed E-state index contributed by atoms with van der Waals surface area (Å²) >= 11 is 3.33. The van der Waals surface area contributed by atoms with Gasteiger partial charge in [-0.15, -0.1) is 0 Å². The van der Waals surface area contributed by atoms with E-state index >= 15 is 0 Å². The van der Waals surface area contributed by atoms with Crippen LogP contribution in [-0.2, 0) is 0 Å². The number of aromatic nitrogens is 3. The summed E-state index contributed by atoms with van der Waals surface area (Å²) in [7, 11) is 0. The molecule has 13 heavy (non-hydrogen) atoms. The molecule has 0 radical (unpaired) electrons. The Balaban J connectivity index is 2.54. The molecule has 0 amide bonds. The number of benzene rings is 1. The second kappa shape index (κ2) is 3.62. The molecule has 0 N–H and O–H groups in total. The van der Waals surface area contributed by atoms with E-state index in [-0.39, 0.29) is 12.6 Å². The highest BCUT2D eigenvalue weighted by atomic mass is 79.9. The predicted octanol–water partition coefficient (Wildman–Crippen LogP) is 2.30. The van der Waals surface area contributed by atoms with Crippen LogP contribution in [0, 0.1) is 0 Å². The van der Waals surface area contributed by atoms with E-state index in [2.05, 4.69) is 30.9 Å². The molecule has 2 aromatic rings. The first-order valence-electron chi connectivity index (χ1n) is 4.60. The summed E-state index contributed by atoms with van der Waals surface area (Å²) < 4.78 is 15.5. The first kappa shape index (κ1) is 6.21. The van der Waals surface area contributed by atoms with Crippen LogP contribution in [0.15, 0.2) is 41.3 Å². The molecule has 2 rings (SSSR count). The third-order valence-electron chi connectivity index (χ3n) is 1.49. The van der Waals surface area contributed by atoms with Crippen molar-refractivity contribution in [3.63, 3.8) is 0 Å². The highest BCUT2D eigenvalue weighted by Crippen LogP contribution is 2.18. The molecule has 4 heteroatoms. The van der Waals surface area contributed by atoms with Gasteiger partial charge in [0.15, 0.2) is 5.82 Å². The lowest BCUT2D eigenvalue weighted by Crippen LogP contribution is -1.88. The van der Waals surface area contributed by atoms with Crippen LogP contribution in [0.2, 0.25) is 0 Å². The molecule has 0 fully saturated rings. The minimum atomic E-state index is -0.190. The van der Waals surface area contributed by atoms with Gasteiger partial charge < -0.3 is 0 Å². The SMILES string of the molecule is [2H]c1nc([2H])nc(-c2cccc(Br)c2)n1. The fourth-order valence-corrected chi connectivity index (χ4v) is 1.35. The van der Waals surface area contributed by atoms with Crippen LogP contribution in [-0.4, -0.2) is 15.0 Å². The number of hydrogen-bond acceptors (Lipinski definition) is 3. The van der Waals surface area contributed by atoms with Crippen molar-refractivity contribution in [3.05, 3.63) is 41.3 Å². The Bertz CT molecular complexity index is 484. The van der Waals surface area contributed by atoms with Gasteiger partial charge in [-0.05, 0) is 12.1 Å². The topological polar surface area (TPSA) is 38.7 Å². The fraction of sp³-hybridized carbons (Fsp3) is 0. The van der Waals surface area contributed by atoms with E-state index in [1.165, 1.54) is 0 Å². The third-order valence-corrected chi connectivity index (χ3v) is 1.99. The average molecular weight is 238 g/mol. The van der Waals surface area contributed by atoms with E-state index in [4.69, 9.17) is 2.74 Å². The molecule has 0 bridgehead atoms. The van der Waals surface area contributed by atoms with Crippen molar-refractivity contribution < 1.29 is 2.74 Å². The molecule has 0 aliphatic carbocycles. The molecule has 0 saturated carbocycles. The number of halogens is 1. The average Bonchev–Trinajstić information content (AvgIpc) is 2.16. The normalized spacial score (nSPS) is 12.1. The highest BCUT2D eigenvalue weighted by molar-refractivity contribution is 9.10. The summed E-state index contributed by atoms with van der Waals surface area (Å²) in [6.07, 6.45) is -0.380. The Labute approximate surface area is 86.8 Å². The van der Waals surface area contributed by atoms with E-state index in [0.717, 1.165) is 10.0 Å². The molecular formula is C9H6BrN3. The molecule has 1 aromatic carbocycles. The van der Waals surface area contributed by atoms with Crippen LogP contribution in [0.1, 0.15) is 2.74 Å². The van der Waals surface area contributed by atoms with Crippen LogP contribution in [0.5, 0.6) is 0 Å². The van der Waals surface area contributed by atoms with Crippen molar-refractivity contribution in [2.24, 2.45) is 0 Å². The minimum Gasteiger partial charge on any atom is -0.225 e. The van der Waals surface area contributed by atoms with Gasteiger partial charge in [0, 0.05) is 10.0 Å². The lowest BCUT2D eigenvalue weighted by Gasteiger charge is -1.98. The minimum absolute atomic E-state index is 0.190. The summed E-state index contributed by atoms with van der Waals surface area (Å²) in [6.45, 7) is 0. The van der Waals surface area contributed by atoms with Gasteiger partial charge in [-0.25, -0.2) is 15.0 Å². The molecule has 0 aliphatic rings. The van der Waals surface area contributed by atoms with Crippen LogP contribution in [0.4, 0.5) is 0 Å². The molecule has 0 spiro atoms. The van der Waals surface area contributed by atoms with E-state index in [0.29, 0.717) is 5.82 Å². The molecule has 0 saturated heterocycles. The Morgan fingerprint density at radius 2 is 2.00 bits per heavy atom. The molecule has 0 unspecified atom stereocenters. The largest absolute Gasteiger partial charge is 0.225 e. The first-order chi connectivity index (χ1) is 7.15. The Morgan fingerprint density at radius 3 is 2.69 bits per heavy atom. The van der Waals surface area contributed by atoms with E-state index in [1.807, 2.05) is 24.3 Å². The van der Waals surface area contributed by atoms with Gasteiger partial charge in [-0.3, -0.25) is 0 Å². The van der Waals surface area contributed by atoms with Crippen LogP contribution in [0.3, 0.4) is 0 Å². The van der Waals surface area contributed by atoms with Gasteiger partial charge in [0.1, 0.15) is 15.3 Å². The van der Waals surface area contributed by atoms with Crippen LogP contribution >= 0.6 is 15.9 Å². The van der Waals surface area contributed by atoms with Crippen molar-refractivity contribution in [2.45, 2.75) is 0 Å². The maximum Gasteiger partial charge on any atom is 0.162 e. The molecular weight excluding hydrogens is 230 g/mol. The molecule has 1 heterocycles. The van der Waals surface area contributed by atoms with E-state index in [1.54, 1.807) is 0 Å². The van der Waals surface area contributed by atoms with Gasteiger partial charge in [0.2, 0.25) is 0 Å². The summed E-state index contributed by atoms with van der Waals surface area (Å²) in [5.74, 6) is 0.348. The van der Waals surface area contributed by atoms with Crippen molar-refractivity contribution in [3.8, 4) is 11.4 Å². The molecule has 64 valence electrons. The Morgan fingerprint density at radius 1 is 1.23 bits per heavy atom. The maximum absolute atomic E-state index is 7.29. The van der Waals surface area contributed by atoms with Crippen LogP contribution < -0.4 is 0 Å². The monoisotopic (exact) mass is 237 g/mol. The van der Waals surface area contributed by atoms with E-state index in [9.17, 15) is 0 Å². The summed E-state index contributed by atoms with van der Waals surface area (Å²) in [5.41, 5.74) is 0.758. The number of nitrogens with zero attached hydrogens (tertiary/aromatic N) is 3. The standard InChI is InChI=1S/C9H6BrN3/c10-8-3-1-2-7(4-8)9-12-5-11-6-13-9/h1-6H/i5D,6D. The molecule has 1 aromatic heterocycles. The second-order valence-corrected chi connectivity index (χ2v) is 3.29. The number of rotatable bonds is 1. The molecule has 3 nitrogen and oxygen atoms in total. The summed E-state index contributed by atoms with van der Waals surface area (Å²) in [6, 6.07) is 7.37. The van der Waals surface area contributed by atoms with Gasteiger partial charge >= 0.3 is 0 Å². The van der Waals surface area contributed by atoms with Crippen molar-refractivity contribution in [1.29, 1.82) is 0 Å². The smallest absolute Gasteiger partial charge is 0.162 e. The second-order valence-electron chi connectivity index (χ2n) is 2.37. The quantitative estimate of drug-likeness (QED) is 0.765. The van der Waals surface area contributed by atoms with Gasteiger partial charge in [0.05, 0.1) is 0 Å². The van der Waals surface area contributed by atoms with Gasteiger partial charge in [-0.1, -0.05) is 28.1 Å². The predicted molar refractivity (Wildman–Crippen MR) is 53.0 cm³/mol. The fourth-order valence-electron chi connectivity index (χ4n) is 0.949.